The smallest absolute Gasteiger partial charge is 0.241 e. The molecule has 2 N–H and O–H groups in total. The first-order valence-electron chi connectivity index (χ1n) is 9.43. The number of benzene rings is 3. The molecule has 1 unspecified atom stereocenters. The maximum absolute atomic E-state index is 13.1. The Labute approximate surface area is 196 Å². The Kier molecular flexibility index (Phi) is 6.55. The van der Waals surface area contributed by atoms with Crippen LogP contribution in [0.15, 0.2) is 82.8 Å². The second-order valence-electron chi connectivity index (χ2n) is 7.07. The van der Waals surface area contributed by atoms with Crippen molar-refractivity contribution in [2.75, 3.05) is 0 Å². The van der Waals surface area contributed by atoms with Gasteiger partial charge in [-0.05, 0) is 47.5 Å². The SMILES string of the molecule is O=S(=O)(N[C@@H](C1=NNC(c2ccc(Cl)cc2)C1)c1ccc(Cl)cc1Cl)c1ccccc1. The summed E-state index contributed by atoms with van der Waals surface area (Å²) in [6.07, 6.45) is 0.489. The largest absolute Gasteiger partial charge is 0.302 e. The lowest BCUT2D eigenvalue weighted by molar-refractivity contribution is 0.576. The van der Waals surface area contributed by atoms with Gasteiger partial charge in [0.05, 0.1) is 22.7 Å². The molecule has 0 saturated carbocycles. The van der Waals surface area contributed by atoms with Gasteiger partial charge in [0.2, 0.25) is 10.0 Å². The summed E-state index contributed by atoms with van der Waals surface area (Å²) in [5, 5.41) is 5.91. The van der Waals surface area contributed by atoms with Crippen molar-refractivity contribution in [2.45, 2.75) is 23.4 Å². The molecule has 0 amide bonds. The van der Waals surface area contributed by atoms with Gasteiger partial charge < -0.3 is 5.43 Å². The van der Waals surface area contributed by atoms with Gasteiger partial charge in [-0.2, -0.15) is 9.82 Å². The molecule has 3 aromatic rings. The van der Waals surface area contributed by atoms with Gasteiger partial charge in [-0.15, -0.1) is 0 Å². The number of hydrogen-bond donors (Lipinski definition) is 2. The quantitative estimate of drug-likeness (QED) is 0.458. The lowest BCUT2D eigenvalue weighted by Crippen LogP contribution is -2.33. The Hall–Kier alpha value is -2.09. The normalized spacial score (nSPS) is 17.1. The summed E-state index contributed by atoms with van der Waals surface area (Å²) in [7, 11) is -3.83. The lowest BCUT2D eigenvalue weighted by atomic mass is 9.96. The van der Waals surface area contributed by atoms with Crippen LogP contribution in [0.3, 0.4) is 0 Å². The topological polar surface area (TPSA) is 70.6 Å². The van der Waals surface area contributed by atoms with Crippen LogP contribution in [0.1, 0.15) is 29.6 Å². The summed E-state index contributed by atoms with van der Waals surface area (Å²) in [5.41, 5.74) is 5.27. The van der Waals surface area contributed by atoms with Crippen molar-refractivity contribution in [3.05, 3.63) is 99.0 Å². The van der Waals surface area contributed by atoms with Crippen LogP contribution >= 0.6 is 34.8 Å². The van der Waals surface area contributed by atoms with Crippen LogP contribution in [0, 0.1) is 0 Å². The molecule has 0 radical (unpaired) electrons. The monoisotopic (exact) mass is 493 g/mol. The molecule has 0 spiro atoms. The third-order valence-electron chi connectivity index (χ3n) is 4.98. The Bertz CT molecular complexity index is 1220. The van der Waals surface area contributed by atoms with Crippen molar-refractivity contribution in [3.8, 4) is 0 Å². The summed E-state index contributed by atoms with van der Waals surface area (Å²) >= 11 is 18.5. The van der Waals surface area contributed by atoms with Crippen LogP contribution in [0.2, 0.25) is 15.1 Å². The predicted octanol–water partition coefficient (Wildman–Crippen LogP) is 5.76. The first kappa shape index (κ1) is 22.1. The van der Waals surface area contributed by atoms with Crippen LogP contribution in [0.5, 0.6) is 0 Å². The van der Waals surface area contributed by atoms with Gasteiger partial charge in [0.25, 0.3) is 0 Å². The van der Waals surface area contributed by atoms with Crippen LogP contribution in [-0.4, -0.2) is 14.1 Å². The van der Waals surface area contributed by atoms with E-state index in [1.165, 1.54) is 12.1 Å². The zero-order valence-corrected chi connectivity index (χ0v) is 19.2. The number of halogens is 3. The Morgan fingerprint density at radius 1 is 0.935 bits per heavy atom. The van der Waals surface area contributed by atoms with Crippen LogP contribution in [0.25, 0.3) is 0 Å². The van der Waals surface area contributed by atoms with E-state index < -0.39 is 16.1 Å². The van der Waals surface area contributed by atoms with Gasteiger partial charge >= 0.3 is 0 Å². The minimum atomic E-state index is -3.83. The maximum Gasteiger partial charge on any atom is 0.241 e. The second-order valence-corrected chi connectivity index (χ2v) is 10.1. The van der Waals surface area contributed by atoms with E-state index in [1.54, 1.807) is 36.4 Å². The molecule has 0 aromatic heterocycles. The molecule has 1 aliphatic heterocycles. The Morgan fingerprint density at radius 2 is 1.61 bits per heavy atom. The molecule has 0 aliphatic carbocycles. The highest BCUT2D eigenvalue weighted by atomic mass is 35.5. The lowest BCUT2D eigenvalue weighted by Gasteiger charge is -2.21. The number of hydrazone groups is 1. The predicted molar refractivity (Wildman–Crippen MR) is 125 cm³/mol. The molecule has 0 saturated heterocycles. The van der Waals surface area contributed by atoms with E-state index in [4.69, 9.17) is 34.8 Å². The average Bonchev–Trinajstić information content (AvgIpc) is 3.24. The molecule has 31 heavy (non-hydrogen) atoms. The fourth-order valence-electron chi connectivity index (χ4n) is 3.40. The third kappa shape index (κ3) is 5.05. The highest BCUT2D eigenvalue weighted by Crippen LogP contribution is 2.33. The van der Waals surface area contributed by atoms with E-state index in [2.05, 4.69) is 15.2 Å². The summed E-state index contributed by atoms with van der Waals surface area (Å²) in [5.74, 6) is 0. The zero-order valence-electron chi connectivity index (χ0n) is 16.1. The van der Waals surface area contributed by atoms with Gasteiger partial charge in [-0.3, -0.25) is 0 Å². The molecule has 5 nitrogen and oxygen atoms in total. The highest BCUT2D eigenvalue weighted by Gasteiger charge is 2.32. The molecule has 3 aromatic carbocycles. The molecule has 9 heteroatoms. The molecule has 2 atom stereocenters. The van der Waals surface area contributed by atoms with E-state index in [-0.39, 0.29) is 10.9 Å². The van der Waals surface area contributed by atoms with E-state index in [0.29, 0.717) is 32.8 Å². The van der Waals surface area contributed by atoms with Crippen LogP contribution in [0.4, 0.5) is 0 Å². The molecule has 0 bridgehead atoms. The number of sulfonamides is 1. The summed E-state index contributed by atoms with van der Waals surface area (Å²) in [6, 6.07) is 19.7. The van der Waals surface area contributed by atoms with E-state index in [9.17, 15) is 8.42 Å². The minimum Gasteiger partial charge on any atom is -0.302 e. The van der Waals surface area contributed by atoms with Gasteiger partial charge in [0, 0.05) is 21.5 Å². The molecule has 1 heterocycles. The summed E-state index contributed by atoms with van der Waals surface area (Å²) in [4.78, 5) is 0.158. The number of nitrogens with zero attached hydrogens (tertiary/aromatic N) is 1. The van der Waals surface area contributed by atoms with E-state index in [1.807, 2.05) is 24.3 Å². The standard InChI is InChI=1S/C22H18Cl3N3O2S/c23-15-8-6-14(7-9-15)20-13-21(27-26-20)22(18-11-10-16(24)12-19(18)25)28-31(29,30)17-4-2-1-3-5-17/h1-12,20,22,26,28H,13H2/t20?,22-/m1/s1. The average molecular weight is 495 g/mol. The van der Waals surface area contributed by atoms with Gasteiger partial charge in [0.15, 0.2) is 0 Å². The van der Waals surface area contributed by atoms with Crippen molar-refractivity contribution in [1.82, 2.24) is 10.1 Å². The third-order valence-corrected chi connectivity index (χ3v) is 7.24. The van der Waals surface area contributed by atoms with Crippen molar-refractivity contribution in [1.29, 1.82) is 0 Å². The number of nitrogens with one attached hydrogen (secondary N) is 2. The fraction of sp³-hybridized carbons (Fsp3) is 0.136. The maximum atomic E-state index is 13.1. The van der Waals surface area contributed by atoms with Crippen molar-refractivity contribution >= 4 is 50.5 Å². The Balaban J connectivity index is 1.67. The zero-order chi connectivity index (χ0) is 22.0. The highest BCUT2D eigenvalue weighted by molar-refractivity contribution is 7.89. The van der Waals surface area contributed by atoms with Gasteiger partial charge in [0.1, 0.15) is 0 Å². The second kappa shape index (κ2) is 9.18. The van der Waals surface area contributed by atoms with Crippen LogP contribution in [-0.2, 0) is 10.0 Å². The summed E-state index contributed by atoms with van der Waals surface area (Å²) < 4.78 is 28.9. The number of hydrogen-bond acceptors (Lipinski definition) is 4. The first-order chi connectivity index (χ1) is 14.8. The molecule has 0 fully saturated rings. The molecule has 1 aliphatic rings. The first-order valence-corrected chi connectivity index (χ1v) is 12.0. The molecular weight excluding hydrogens is 477 g/mol. The van der Waals surface area contributed by atoms with Crippen molar-refractivity contribution < 1.29 is 8.42 Å². The fourth-order valence-corrected chi connectivity index (χ4v) is 5.27. The Morgan fingerprint density at radius 3 is 2.29 bits per heavy atom. The molecule has 160 valence electrons. The molecular formula is C22H18Cl3N3O2S. The van der Waals surface area contributed by atoms with Gasteiger partial charge in [-0.25, -0.2) is 8.42 Å². The van der Waals surface area contributed by atoms with E-state index in [0.717, 1.165) is 5.56 Å². The molecule has 4 rings (SSSR count). The minimum absolute atomic E-state index is 0.109. The van der Waals surface area contributed by atoms with Crippen LogP contribution < -0.4 is 10.1 Å². The summed E-state index contributed by atoms with van der Waals surface area (Å²) in [6.45, 7) is 0. The van der Waals surface area contributed by atoms with Crippen molar-refractivity contribution in [3.63, 3.8) is 0 Å². The van der Waals surface area contributed by atoms with Gasteiger partial charge in [-0.1, -0.05) is 71.2 Å². The van der Waals surface area contributed by atoms with Crippen molar-refractivity contribution in [2.24, 2.45) is 5.10 Å². The van der Waals surface area contributed by atoms with E-state index >= 15 is 0 Å². The number of rotatable bonds is 6.